The summed E-state index contributed by atoms with van der Waals surface area (Å²) in [6.07, 6.45) is 0. The Labute approximate surface area is 129 Å². The predicted molar refractivity (Wildman–Crippen MR) is 85.6 cm³/mol. The van der Waals surface area contributed by atoms with Gasteiger partial charge < -0.3 is 4.52 Å². The van der Waals surface area contributed by atoms with E-state index in [1.54, 1.807) is 48.5 Å². The van der Waals surface area contributed by atoms with Crippen molar-refractivity contribution in [3.8, 4) is 0 Å². The summed E-state index contributed by atoms with van der Waals surface area (Å²) in [6, 6.07) is 13.1. The second-order valence-electron chi connectivity index (χ2n) is 5.08. The van der Waals surface area contributed by atoms with Gasteiger partial charge in [0.1, 0.15) is 0 Å². The van der Waals surface area contributed by atoms with Crippen LogP contribution in [0.1, 0.15) is 31.8 Å². The summed E-state index contributed by atoms with van der Waals surface area (Å²) in [5.74, 6) is 0. The molecule has 2 aromatic rings. The molecule has 0 unspecified atom stereocenters. The highest BCUT2D eigenvalue weighted by molar-refractivity contribution is 7.91. The number of carbonyl (C=O) groups is 2. The minimum atomic E-state index is -4.13. The summed E-state index contributed by atoms with van der Waals surface area (Å²) in [4.78, 5) is 25.0. The molecule has 2 aromatic carbocycles. The molecule has 0 aromatic heterocycles. The Bertz CT molecular complexity index is 684. The largest absolute Gasteiger partial charge is 0.339 e. The highest BCUT2D eigenvalue weighted by Crippen LogP contribution is 2.52. The number of benzene rings is 2. The van der Waals surface area contributed by atoms with Gasteiger partial charge in [0, 0.05) is 18.2 Å². The summed E-state index contributed by atoms with van der Waals surface area (Å²) in [5.41, 5.74) is 0.788. The summed E-state index contributed by atoms with van der Waals surface area (Å²) in [5, 5.41) is 0. The van der Waals surface area contributed by atoms with Crippen LogP contribution in [0, 0.1) is 13.8 Å². The van der Waals surface area contributed by atoms with Crippen LogP contribution in [0.25, 0.3) is 0 Å². The lowest BCUT2D eigenvalue weighted by Gasteiger charge is -2.14. The average Bonchev–Trinajstić information content (AvgIpc) is 2.54. The Morgan fingerprint density at radius 1 is 0.773 bits per heavy atom. The van der Waals surface area contributed by atoms with E-state index in [0.29, 0.717) is 0 Å². The molecule has 0 amide bonds. The quantitative estimate of drug-likeness (QED) is 0.775. The van der Waals surface area contributed by atoms with Crippen molar-refractivity contribution in [2.45, 2.75) is 13.8 Å². The van der Waals surface area contributed by atoms with E-state index in [0.717, 1.165) is 18.2 Å². The van der Waals surface area contributed by atoms with Crippen molar-refractivity contribution in [3.63, 3.8) is 0 Å². The first-order valence-corrected chi connectivity index (χ1v) is 8.40. The van der Waals surface area contributed by atoms with Crippen molar-refractivity contribution in [1.82, 2.24) is 0 Å². The fourth-order valence-electron chi connectivity index (χ4n) is 1.99. The maximum atomic E-state index is 12.8. The topological polar surface area (TPSA) is 60.4 Å². The van der Waals surface area contributed by atoms with Crippen molar-refractivity contribution in [2.75, 3.05) is 7.11 Å². The molecule has 0 aliphatic heterocycles. The molecule has 0 radical (unpaired) electrons. The van der Waals surface area contributed by atoms with Gasteiger partial charge in [0.2, 0.25) is 0 Å². The molecule has 0 aliphatic rings. The third-order valence-corrected chi connectivity index (χ3v) is 5.49. The lowest BCUT2D eigenvalue weighted by Crippen LogP contribution is -2.12. The Hall–Kier alpha value is -2.03. The third kappa shape index (κ3) is 3.08. The van der Waals surface area contributed by atoms with E-state index in [9.17, 15) is 14.2 Å². The van der Waals surface area contributed by atoms with Crippen molar-refractivity contribution >= 4 is 18.4 Å². The number of rotatable bonds is 5. The zero-order chi connectivity index (χ0) is 16.3. The van der Waals surface area contributed by atoms with Crippen molar-refractivity contribution < 1.29 is 18.7 Å². The lowest BCUT2D eigenvalue weighted by molar-refractivity contribution is 0.100. The molecule has 2 rings (SSSR count). The Kier molecular flexibility index (Phi) is 4.74. The fourth-order valence-corrected chi connectivity index (χ4v) is 3.48. The third-order valence-electron chi connectivity index (χ3n) is 3.39. The number of hydrogen-bond acceptors (Lipinski definition) is 4. The van der Waals surface area contributed by atoms with Gasteiger partial charge in [-0.25, -0.2) is 0 Å². The smallest absolute Gasteiger partial charge is 0.321 e. The van der Waals surface area contributed by atoms with Gasteiger partial charge in [-0.3, -0.25) is 14.2 Å². The Morgan fingerprint density at radius 3 is 1.36 bits per heavy atom. The first kappa shape index (κ1) is 16.3. The van der Waals surface area contributed by atoms with Crippen molar-refractivity contribution in [2.24, 2.45) is 0 Å². The first-order valence-electron chi connectivity index (χ1n) is 6.77. The molecule has 114 valence electrons. The Balaban J connectivity index is 2.41. The van der Waals surface area contributed by atoms with Crippen LogP contribution in [0.2, 0.25) is 0 Å². The van der Waals surface area contributed by atoms with Gasteiger partial charge in [-0.2, -0.15) is 0 Å². The van der Waals surface area contributed by atoms with Crippen LogP contribution in [-0.2, 0) is 9.09 Å². The van der Waals surface area contributed by atoms with Gasteiger partial charge in [-0.1, -0.05) is 59.7 Å². The summed E-state index contributed by atoms with van der Waals surface area (Å²) < 4.78 is 17.7. The average molecular weight is 316 g/mol. The van der Waals surface area contributed by atoms with Crippen LogP contribution in [0.15, 0.2) is 48.5 Å². The number of carbonyl (C=O) groups excluding carboxylic acids is 2. The van der Waals surface area contributed by atoms with Crippen LogP contribution < -0.4 is 0 Å². The van der Waals surface area contributed by atoms with E-state index >= 15 is 0 Å². The van der Waals surface area contributed by atoms with Crippen LogP contribution in [0.5, 0.6) is 0 Å². The second-order valence-corrected chi connectivity index (χ2v) is 7.36. The maximum Gasteiger partial charge on any atom is 0.339 e. The molecular formula is C17H17O4P. The molecular weight excluding hydrogens is 299 g/mol. The predicted octanol–water partition coefficient (Wildman–Crippen LogP) is 4.21. The van der Waals surface area contributed by atoms with Gasteiger partial charge in [-0.15, -0.1) is 0 Å². The molecule has 5 heteroatoms. The second kappa shape index (κ2) is 6.39. The molecule has 0 aliphatic carbocycles. The fraction of sp³-hybridized carbons (Fsp3) is 0.176. The van der Waals surface area contributed by atoms with Crippen LogP contribution in [0.4, 0.5) is 0 Å². The van der Waals surface area contributed by atoms with Crippen LogP contribution in [-0.4, -0.2) is 18.2 Å². The van der Waals surface area contributed by atoms with Crippen molar-refractivity contribution in [3.05, 3.63) is 70.8 Å². The minimum Gasteiger partial charge on any atom is -0.321 e. The van der Waals surface area contributed by atoms with E-state index in [4.69, 9.17) is 4.52 Å². The molecule has 4 nitrogen and oxygen atoms in total. The highest BCUT2D eigenvalue weighted by Gasteiger charge is 2.41. The molecule has 0 bridgehead atoms. The summed E-state index contributed by atoms with van der Waals surface area (Å²) in [7, 11) is -3.01. The molecule has 0 spiro atoms. The standard InChI is InChI=1S/C17H17O4P/c1-12-4-8-14(9-5-12)16(18)22(20,21-3)17(19)15-10-6-13(2)7-11-15/h4-11H,1-3H3. The van der Waals surface area contributed by atoms with E-state index in [2.05, 4.69) is 0 Å². The highest BCUT2D eigenvalue weighted by atomic mass is 31.2. The first-order chi connectivity index (χ1) is 10.4. The van der Waals surface area contributed by atoms with Gasteiger partial charge in [0.25, 0.3) is 11.0 Å². The van der Waals surface area contributed by atoms with Crippen molar-refractivity contribution in [1.29, 1.82) is 0 Å². The van der Waals surface area contributed by atoms with Gasteiger partial charge >= 0.3 is 7.37 Å². The summed E-state index contributed by atoms with van der Waals surface area (Å²) >= 11 is 0. The lowest BCUT2D eigenvalue weighted by atomic mass is 10.2. The van der Waals surface area contributed by atoms with E-state index in [1.165, 1.54) is 0 Å². The number of aryl methyl sites for hydroxylation is 2. The molecule has 0 saturated heterocycles. The zero-order valence-corrected chi connectivity index (χ0v) is 13.6. The maximum absolute atomic E-state index is 12.8. The molecule has 0 saturated carbocycles. The van der Waals surface area contributed by atoms with Gasteiger partial charge in [0.15, 0.2) is 0 Å². The molecule has 0 heterocycles. The zero-order valence-electron chi connectivity index (χ0n) is 12.7. The van der Waals surface area contributed by atoms with Crippen LogP contribution in [0.3, 0.4) is 0 Å². The van der Waals surface area contributed by atoms with E-state index < -0.39 is 18.4 Å². The molecule has 22 heavy (non-hydrogen) atoms. The van der Waals surface area contributed by atoms with Gasteiger partial charge in [0.05, 0.1) is 0 Å². The van der Waals surface area contributed by atoms with Crippen LogP contribution >= 0.6 is 7.37 Å². The summed E-state index contributed by atoms with van der Waals surface area (Å²) in [6.45, 7) is 3.75. The normalized spacial score (nSPS) is 11.2. The van der Waals surface area contributed by atoms with E-state index in [1.807, 2.05) is 13.8 Å². The molecule has 0 N–H and O–H groups in total. The Morgan fingerprint density at radius 2 is 1.09 bits per heavy atom. The van der Waals surface area contributed by atoms with Gasteiger partial charge in [-0.05, 0) is 13.8 Å². The molecule has 0 fully saturated rings. The monoisotopic (exact) mass is 316 g/mol. The number of hydrogen-bond donors (Lipinski definition) is 0. The van der Waals surface area contributed by atoms with E-state index in [-0.39, 0.29) is 11.1 Å². The minimum absolute atomic E-state index is 0.205. The molecule has 0 atom stereocenters. The SMILES string of the molecule is COP(=O)(C(=O)c1ccc(C)cc1)C(=O)c1ccc(C)cc1.